The van der Waals surface area contributed by atoms with E-state index < -0.39 is 0 Å². The number of benzene rings is 4. The minimum absolute atomic E-state index is 0.271. The van der Waals surface area contributed by atoms with Crippen molar-refractivity contribution in [2.75, 3.05) is 59.2 Å². The maximum Gasteiger partial charge on any atom is 0.331 e. The van der Waals surface area contributed by atoms with Crippen molar-refractivity contribution in [3.8, 4) is 22.6 Å². The molecule has 4 aromatic carbocycles. The second kappa shape index (κ2) is 25.6. The molecular weight excluding hydrogens is 841 g/mol. The molecular formula is C46H50O6S6. The van der Waals surface area contributed by atoms with E-state index in [1.165, 1.54) is 35.2 Å². The highest BCUT2D eigenvalue weighted by Gasteiger charge is 2.20. The third kappa shape index (κ3) is 16.6. The van der Waals surface area contributed by atoms with Crippen LogP contribution in [0.3, 0.4) is 0 Å². The minimum atomic E-state index is -0.378. The number of hydrogen-bond acceptors (Lipinski definition) is 12. The maximum atomic E-state index is 12.8. The first kappa shape index (κ1) is 44.5. The van der Waals surface area contributed by atoms with Gasteiger partial charge >= 0.3 is 11.9 Å². The monoisotopic (exact) mass is 890 g/mol. The Hall–Kier alpha value is -3.00. The molecule has 2 fully saturated rings. The topological polar surface area (TPSA) is 71.1 Å². The Morgan fingerprint density at radius 2 is 0.931 bits per heavy atom. The minimum Gasteiger partial charge on any atom is -0.490 e. The Morgan fingerprint density at radius 1 is 0.552 bits per heavy atom. The Morgan fingerprint density at radius 3 is 1.31 bits per heavy atom. The van der Waals surface area contributed by atoms with Crippen molar-refractivity contribution in [3.63, 3.8) is 0 Å². The molecule has 306 valence electrons. The van der Waals surface area contributed by atoms with Crippen LogP contribution in [0.15, 0.2) is 121 Å². The van der Waals surface area contributed by atoms with E-state index in [-0.39, 0.29) is 37.4 Å². The average molecular weight is 891 g/mol. The number of thioether (sulfide) groups is 6. The quantitative estimate of drug-likeness (QED) is 0.0405. The number of carbonyl (C=O) groups excluding carboxylic acids is 2. The maximum absolute atomic E-state index is 12.8. The molecule has 0 aromatic heterocycles. The zero-order valence-electron chi connectivity index (χ0n) is 32.4. The number of rotatable bonds is 23. The van der Waals surface area contributed by atoms with Crippen molar-refractivity contribution >= 4 is 94.7 Å². The Labute approximate surface area is 369 Å². The SMILES string of the molecule is O=C(/C=C/c1ccccc1)OC(COc1ccc(-c2ccc(OCC(CSCCC3SCCS3)OC(=O)/C=C/c3ccccc3)cc2)cc1)CSCCC1SCCS1. The molecule has 0 saturated carbocycles. The Bertz CT molecular complexity index is 1710. The van der Waals surface area contributed by atoms with Crippen LogP contribution in [0.1, 0.15) is 24.0 Å². The van der Waals surface area contributed by atoms with Crippen LogP contribution in [0, 0.1) is 0 Å². The molecule has 0 radical (unpaired) electrons. The van der Waals surface area contributed by atoms with Crippen LogP contribution in [0.25, 0.3) is 23.3 Å². The van der Waals surface area contributed by atoms with Gasteiger partial charge in [0.05, 0.1) is 9.16 Å². The van der Waals surface area contributed by atoms with Crippen LogP contribution in [0.4, 0.5) is 0 Å². The molecule has 2 saturated heterocycles. The van der Waals surface area contributed by atoms with Gasteiger partial charge in [-0.3, -0.25) is 0 Å². The molecule has 0 bridgehead atoms. The van der Waals surface area contributed by atoms with Crippen LogP contribution in [0.2, 0.25) is 0 Å². The lowest BCUT2D eigenvalue weighted by Gasteiger charge is -2.18. The van der Waals surface area contributed by atoms with Crippen LogP contribution in [0.5, 0.6) is 11.5 Å². The number of esters is 2. The molecule has 2 atom stereocenters. The summed E-state index contributed by atoms with van der Waals surface area (Å²) in [6.07, 6.45) is 8.05. The van der Waals surface area contributed by atoms with E-state index >= 15 is 0 Å². The summed E-state index contributed by atoms with van der Waals surface area (Å²) >= 11 is 11.8. The first-order valence-electron chi connectivity index (χ1n) is 19.5. The molecule has 2 aliphatic rings. The van der Waals surface area contributed by atoms with E-state index in [1.807, 2.05) is 180 Å². The summed E-state index contributed by atoms with van der Waals surface area (Å²) < 4.78 is 25.4. The lowest BCUT2D eigenvalue weighted by molar-refractivity contribution is -0.144. The van der Waals surface area contributed by atoms with Crippen molar-refractivity contribution in [2.45, 2.75) is 34.2 Å². The van der Waals surface area contributed by atoms with E-state index in [4.69, 9.17) is 18.9 Å². The largest absolute Gasteiger partial charge is 0.490 e. The summed E-state index contributed by atoms with van der Waals surface area (Å²) in [5.41, 5.74) is 3.97. The van der Waals surface area contributed by atoms with E-state index in [9.17, 15) is 9.59 Å². The van der Waals surface area contributed by atoms with Gasteiger partial charge in [-0.15, -0.1) is 47.0 Å². The van der Waals surface area contributed by atoms with Crippen molar-refractivity contribution in [3.05, 3.63) is 132 Å². The number of carbonyl (C=O) groups is 2. The fraction of sp³-hybridized carbons (Fsp3) is 0.348. The predicted octanol–water partition coefficient (Wildman–Crippen LogP) is 11.2. The molecule has 58 heavy (non-hydrogen) atoms. The first-order chi connectivity index (χ1) is 28.6. The summed E-state index contributed by atoms with van der Waals surface area (Å²) in [5.74, 6) is 9.00. The Kier molecular flexibility index (Phi) is 19.7. The molecule has 0 spiro atoms. The fourth-order valence-electron chi connectivity index (χ4n) is 5.90. The molecule has 0 N–H and O–H groups in total. The summed E-state index contributed by atoms with van der Waals surface area (Å²) in [6.45, 7) is 0.542. The van der Waals surface area contributed by atoms with Crippen LogP contribution in [-0.2, 0) is 19.1 Å². The Balaban J connectivity index is 0.984. The highest BCUT2D eigenvalue weighted by atomic mass is 32.2. The van der Waals surface area contributed by atoms with Crippen LogP contribution < -0.4 is 9.47 Å². The van der Waals surface area contributed by atoms with Gasteiger partial charge in [0.1, 0.15) is 36.9 Å². The second-order valence-electron chi connectivity index (χ2n) is 13.3. The van der Waals surface area contributed by atoms with Crippen LogP contribution in [-0.4, -0.2) is 92.5 Å². The summed E-state index contributed by atoms with van der Waals surface area (Å²) in [6, 6.07) is 35.4. The lowest BCUT2D eigenvalue weighted by Crippen LogP contribution is -2.27. The summed E-state index contributed by atoms with van der Waals surface area (Å²) in [4.78, 5) is 25.5. The average Bonchev–Trinajstić information content (AvgIpc) is 4.00. The molecule has 2 heterocycles. The molecule has 2 aliphatic heterocycles. The van der Waals surface area contributed by atoms with Gasteiger partial charge < -0.3 is 18.9 Å². The first-order valence-corrected chi connectivity index (χ1v) is 26.0. The molecule has 0 aliphatic carbocycles. The highest BCUT2D eigenvalue weighted by Crippen LogP contribution is 2.36. The lowest BCUT2D eigenvalue weighted by atomic mass is 10.1. The van der Waals surface area contributed by atoms with Gasteiger partial charge in [-0.1, -0.05) is 84.9 Å². The van der Waals surface area contributed by atoms with Crippen molar-refractivity contribution in [1.29, 1.82) is 0 Å². The van der Waals surface area contributed by atoms with Crippen LogP contribution >= 0.6 is 70.6 Å². The number of ether oxygens (including phenoxy) is 4. The van der Waals surface area contributed by atoms with E-state index in [2.05, 4.69) is 0 Å². The molecule has 6 rings (SSSR count). The standard InChI is InChI=1S/C46H50O6S6/c47-43(21-11-35-7-3-1-4-8-35)51-41(33-53-25-23-45-55-27-28-56-45)31-49-39-17-13-37(14-18-39)38-15-19-40(20-16-38)50-32-42(34-54-26-24-46-57-29-30-58-46)52-44(48)22-12-36-9-5-2-6-10-36/h1-22,41-42,45-46H,23-34H2/b21-11+,22-12+. The predicted molar refractivity (Wildman–Crippen MR) is 255 cm³/mol. The zero-order valence-corrected chi connectivity index (χ0v) is 37.3. The molecule has 6 nitrogen and oxygen atoms in total. The van der Waals surface area contributed by atoms with Gasteiger partial charge in [-0.05, 0) is 83.0 Å². The molecule has 2 unspecified atom stereocenters. The van der Waals surface area contributed by atoms with Gasteiger partial charge in [-0.25, -0.2) is 9.59 Å². The van der Waals surface area contributed by atoms with Gasteiger partial charge in [-0.2, -0.15) is 23.5 Å². The van der Waals surface area contributed by atoms with Crippen molar-refractivity contribution in [1.82, 2.24) is 0 Å². The zero-order chi connectivity index (χ0) is 40.0. The van der Waals surface area contributed by atoms with E-state index in [0.717, 1.165) is 46.6 Å². The van der Waals surface area contributed by atoms with E-state index in [1.54, 1.807) is 12.2 Å². The van der Waals surface area contributed by atoms with Crippen molar-refractivity contribution in [2.24, 2.45) is 0 Å². The molecule has 4 aromatic rings. The highest BCUT2D eigenvalue weighted by molar-refractivity contribution is 8.20. The van der Waals surface area contributed by atoms with Gasteiger partial charge in [0, 0.05) is 46.7 Å². The summed E-state index contributed by atoms with van der Waals surface area (Å²) in [7, 11) is 0. The van der Waals surface area contributed by atoms with E-state index in [0.29, 0.717) is 32.2 Å². The fourth-order valence-corrected chi connectivity index (χ4v) is 14.1. The number of hydrogen-bond donors (Lipinski definition) is 0. The smallest absolute Gasteiger partial charge is 0.331 e. The van der Waals surface area contributed by atoms with Crippen molar-refractivity contribution < 1.29 is 28.5 Å². The normalized spacial score (nSPS) is 15.8. The second-order valence-corrected chi connectivity index (χ2v) is 21.5. The van der Waals surface area contributed by atoms with Gasteiger partial charge in [0.2, 0.25) is 0 Å². The molecule has 12 heteroatoms. The third-order valence-corrected chi connectivity index (χ3v) is 17.5. The molecule has 0 amide bonds. The summed E-state index contributed by atoms with van der Waals surface area (Å²) in [5, 5.41) is 0. The third-order valence-electron chi connectivity index (χ3n) is 8.89. The van der Waals surface area contributed by atoms with Gasteiger partial charge in [0.15, 0.2) is 0 Å². The van der Waals surface area contributed by atoms with Gasteiger partial charge in [0.25, 0.3) is 0 Å².